The Hall–Kier alpha value is -1.47. The molecular weight excluding hydrogens is 223 g/mol. The van der Waals surface area contributed by atoms with Gasteiger partial charge in [0.25, 0.3) is 0 Å². The van der Waals surface area contributed by atoms with Crippen molar-refractivity contribution in [2.45, 2.75) is 13.0 Å². The molecule has 3 N–H and O–H groups in total. The molecule has 0 amide bonds. The Morgan fingerprint density at radius 1 is 1.53 bits per heavy atom. The SMILES string of the molecule is CC1CN(c2nc(NN)ncc2F)CCN1C. The Morgan fingerprint density at radius 3 is 2.94 bits per heavy atom. The fraction of sp³-hybridized carbons (Fsp3) is 0.600. The molecule has 0 saturated carbocycles. The second-order valence-corrected chi connectivity index (χ2v) is 4.29. The number of rotatable bonds is 2. The Morgan fingerprint density at radius 2 is 2.29 bits per heavy atom. The number of hydrazine groups is 1. The van der Waals surface area contributed by atoms with E-state index in [1.165, 1.54) is 0 Å². The first kappa shape index (κ1) is 12.0. The summed E-state index contributed by atoms with van der Waals surface area (Å²) >= 11 is 0. The van der Waals surface area contributed by atoms with Gasteiger partial charge in [0.05, 0.1) is 6.20 Å². The van der Waals surface area contributed by atoms with Crippen LogP contribution in [0.2, 0.25) is 0 Å². The first-order valence-electron chi connectivity index (χ1n) is 5.56. The van der Waals surface area contributed by atoms with E-state index in [2.05, 4.69) is 34.3 Å². The topological polar surface area (TPSA) is 70.3 Å². The molecular formula is C10H17FN6. The number of nitrogens with one attached hydrogen (secondary N) is 1. The number of nitrogens with zero attached hydrogens (tertiary/aromatic N) is 4. The lowest BCUT2D eigenvalue weighted by molar-refractivity contribution is 0.232. The number of likely N-dealkylation sites (N-methyl/N-ethyl adjacent to an activating group) is 1. The number of halogens is 1. The Kier molecular flexibility index (Phi) is 3.39. The molecule has 1 aliphatic rings. The molecule has 2 rings (SSSR count). The summed E-state index contributed by atoms with van der Waals surface area (Å²) in [4.78, 5) is 11.9. The molecule has 1 aromatic heterocycles. The van der Waals surface area contributed by atoms with Crippen molar-refractivity contribution in [3.05, 3.63) is 12.0 Å². The van der Waals surface area contributed by atoms with E-state index in [0.717, 1.165) is 25.8 Å². The van der Waals surface area contributed by atoms with E-state index < -0.39 is 5.82 Å². The van der Waals surface area contributed by atoms with E-state index in [4.69, 9.17) is 5.84 Å². The van der Waals surface area contributed by atoms with Crippen molar-refractivity contribution in [2.75, 3.05) is 37.0 Å². The highest BCUT2D eigenvalue weighted by Crippen LogP contribution is 2.20. The highest BCUT2D eigenvalue weighted by molar-refractivity contribution is 5.44. The van der Waals surface area contributed by atoms with Gasteiger partial charge in [0.2, 0.25) is 5.95 Å². The van der Waals surface area contributed by atoms with Crippen LogP contribution >= 0.6 is 0 Å². The third-order valence-corrected chi connectivity index (χ3v) is 3.11. The zero-order valence-corrected chi connectivity index (χ0v) is 10.0. The third-order valence-electron chi connectivity index (χ3n) is 3.11. The van der Waals surface area contributed by atoms with Crippen LogP contribution in [-0.4, -0.2) is 47.6 Å². The highest BCUT2D eigenvalue weighted by atomic mass is 19.1. The zero-order chi connectivity index (χ0) is 12.4. The van der Waals surface area contributed by atoms with Crippen LogP contribution in [0.15, 0.2) is 6.20 Å². The molecule has 94 valence electrons. The molecule has 1 aliphatic heterocycles. The molecule has 0 bridgehead atoms. The lowest BCUT2D eigenvalue weighted by atomic mass is 10.2. The van der Waals surface area contributed by atoms with E-state index >= 15 is 0 Å². The maximum atomic E-state index is 13.7. The number of anilines is 2. The number of aromatic nitrogens is 2. The third kappa shape index (κ3) is 2.45. The molecule has 1 fully saturated rings. The fourth-order valence-electron chi connectivity index (χ4n) is 1.89. The van der Waals surface area contributed by atoms with Crippen molar-refractivity contribution in [2.24, 2.45) is 5.84 Å². The van der Waals surface area contributed by atoms with E-state index in [1.807, 2.05) is 4.90 Å². The number of nitrogens with two attached hydrogens (primary N) is 1. The molecule has 0 radical (unpaired) electrons. The van der Waals surface area contributed by atoms with Crippen LogP contribution in [0.25, 0.3) is 0 Å². The molecule has 1 saturated heterocycles. The lowest BCUT2D eigenvalue weighted by Crippen LogP contribution is -2.50. The molecule has 1 unspecified atom stereocenters. The van der Waals surface area contributed by atoms with Gasteiger partial charge in [-0.15, -0.1) is 0 Å². The summed E-state index contributed by atoms with van der Waals surface area (Å²) in [5.74, 6) is 5.35. The van der Waals surface area contributed by atoms with E-state index in [0.29, 0.717) is 11.9 Å². The van der Waals surface area contributed by atoms with Crippen molar-refractivity contribution in [1.82, 2.24) is 14.9 Å². The predicted octanol–water partition coefficient (Wildman–Crippen LogP) is 0.0416. The molecule has 2 heterocycles. The van der Waals surface area contributed by atoms with Crippen molar-refractivity contribution in [3.8, 4) is 0 Å². The minimum Gasteiger partial charge on any atom is -0.351 e. The second-order valence-electron chi connectivity index (χ2n) is 4.29. The van der Waals surface area contributed by atoms with Crippen LogP contribution in [0.5, 0.6) is 0 Å². The molecule has 0 aromatic carbocycles. The molecule has 17 heavy (non-hydrogen) atoms. The van der Waals surface area contributed by atoms with Gasteiger partial charge in [-0.3, -0.25) is 5.43 Å². The summed E-state index contributed by atoms with van der Waals surface area (Å²) in [6.45, 7) is 4.48. The Labute approximate surface area is 99.6 Å². The quantitative estimate of drug-likeness (QED) is 0.562. The zero-order valence-electron chi connectivity index (χ0n) is 10.0. The normalized spacial score (nSPS) is 21.6. The van der Waals surface area contributed by atoms with Crippen LogP contribution in [0, 0.1) is 5.82 Å². The summed E-state index contributed by atoms with van der Waals surface area (Å²) in [5.41, 5.74) is 2.33. The van der Waals surface area contributed by atoms with Crippen molar-refractivity contribution in [1.29, 1.82) is 0 Å². The van der Waals surface area contributed by atoms with Crippen molar-refractivity contribution >= 4 is 11.8 Å². The van der Waals surface area contributed by atoms with Gasteiger partial charge >= 0.3 is 0 Å². The molecule has 1 atom stereocenters. The van der Waals surface area contributed by atoms with Crippen molar-refractivity contribution < 1.29 is 4.39 Å². The minimum atomic E-state index is -0.416. The van der Waals surface area contributed by atoms with Gasteiger partial charge in [0, 0.05) is 25.7 Å². The standard InChI is InChI=1S/C10H17FN6/c1-7-6-17(4-3-16(7)2)9-8(11)5-13-10(14-9)15-12/h5,7H,3-4,6,12H2,1-2H3,(H,13,14,15). The first-order valence-corrected chi connectivity index (χ1v) is 5.56. The number of piperazine rings is 1. The molecule has 7 heteroatoms. The first-order chi connectivity index (χ1) is 8.11. The summed E-state index contributed by atoms with van der Waals surface area (Å²) in [6, 6.07) is 0.368. The maximum Gasteiger partial charge on any atom is 0.239 e. The highest BCUT2D eigenvalue weighted by Gasteiger charge is 2.24. The Bertz CT molecular complexity index is 398. The number of hydrogen-bond acceptors (Lipinski definition) is 6. The van der Waals surface area contributed by atoms with Gasteiger partial charge in [-0.25, -0.2) is 15.2 Å². The smallest absolute Gasteiger partial charge is 0.239 e. The van der Waals surface area contributed by atoms with Gasteiger partial charge in [-0.05, 0) is 14.0 Å². The summed E-state index contributed by atoms with van der Waals surface area (Å²) in [5, 5.41) is 0. The van der Waals surface area contributed by atoms with Crippen LogP contribution in [-0.2, 0) is 0 Å². The average molecular weight is 240 g/mol. The van der Waals surface area contributed by atoms with Gasteiger partial charge in [0.15, 0.2) is 11.6 Å². The van der Waals surface area contributed by atoms with Crippen molar-refractivity contribution in [3.63, 3.8) is 0 Å². The van der Waals surface area contributed by atoms with E-state index in [-0.39, 0.29) is 5.95 Å². The van der Waals surface area contributed by atoms with Gasteiger partial charge < -0.3 is 9.80 Å². The lowest BCUT2D eigenvalue weighted by Gasteiger charge is -2.38. The summed E-state index contributed by atoms with van der Waals surface area (Å²) < 4.78 is 13.7. The van der Waals surface area contributed by atoms with E-state index in [9.17, 15) is 4.39 Å². The van der Waals surface area contributed by atoms with Gasteiger partial charge in [0.1, 0.15) is 0 Å². The molecule has 6 nitrogen and oxygen atoms in total. The Balaban J connectivity index is 2.21. The van der Waals surface area contributed by atoms with Crippen LogP contribution in [0.4, 0.5) is 16.2 Å². The number of nitrogen functional groups attached to an aromatic ring is 1. The molecule has 1 aromatic rings. The largest absolute Gasteiger partial charge is 0.351 e. The minimum absolute atomic E-state index is 0.230. The molecule has 0 aliphatic carbocycles. The van der Waals surface area contributed by atoms with Gasteiger partial charge in [-0.2, -0.15) is 4.98 Å². The maximum absolute atomic E-state index is 13.7. The molecule has 0 spiro atoms. The fourth-order valence-corrected chi connectivity index (χ4v) is 1.89. The van der Waals surface area contributed by atoms with Gasteiger partial charge in [-0.1, -0.05) is 0 Å². The van der Waals surface area contributed by atoms with Crippen LogP contribution < -0.4 is 16.2 Å². The van der Waals surface area contributed by atoms with E-state index in [1.54, 1.807) is 0 Å². The monoisotopic (exact) mass is 240 g/mol. The van der Waals surface area contributed by atoms with Crippen LogP contribution in [0.3, 0.4) is 0 Å². The summed E-state index contributed by atoms with van der Waals surface area (Å²) in [6.07, 6.45) is 1.14. The van der Waals surface area contributed by atoms with Crippen LogP contribution in [0.1, 0.15) is 6.92 Å². The predicted molar refractivity (Wildman–Crippen MR) is 64.1 cm³/mol. The number of hydrogen-bond donors (Lipinski definition) is 2. The average Bonchev–Trinajstić information content (AvgIpc) is 2.33. The second kappa shape index (κ2) is 4.80. The summed E-state index contributed by atoms with van der Waals surface area (Å²) in [7, 11) is 2.06.